The van der Waals surface area contributed by atoms with Crippen LogP contribution in [0.1, 0.15) is 24.8 Å². The number of phenolic OH excluding ortho intramolecular Hbond substituents is 1. The van der Waals surface area contributed by atoms with Gasteiger partial charge in [-0.05, 0) is 54.8 Å². The monoisotopic (exact) mass is 348 g/mol. The predicted octanol–water partition coefficient (Wildman–Crippen LogP) is 2.87. The molecule has 7 heteroatoms. The lowest BCUT2D eigenvalue weighted by Gasteiger charge is -2.27. The van der Waals surface area contributed by atoms with Crippen molar-refractivity contribution in [2.45, 2.75) is 19.3 Å². The van der Waals surface area contributed by atoms with Crippen LogP contribution in [0.2, 0.25) is 0 Å². The summed E-state index contributed by atoms with van der Waals surface area (Å²) in [5, 5.41) is 10.7. The summed E-state index contributed by atoms with van der Waals surface area (Å²) in [6.45, 7) is 1.90. The number of rotatable bonds is 3. The number of likely N-dealkylation sites (tertiary alicyclic amines) is 1. The third-order valence-corrected chi connectivity index (χ3v) is 5.08. The number of benzene rings is 1. The fourth-order valence-electron chi connectivity index (χ4n) is 2.77. The van der Waals surface area contributed by atoms with Crippen LogP contribution in [0, 0.1) is 0 Å². The van der Waals surface area contributed by atoms with Gasteiger partial charge in [-0.15, -0.1) is 0 Å². The first-order valence-electron chi connectivity index (χ1n) is 7.85. The molecule has 1 N–H and O–H groups in total. The van der Waals surface area contributed by atoms with Crippen LogP contribution in [0.15, 0.2) is 22.0 Å². The summed E-state index contributed by atoms with van der Waals surface area (Å²) >= 11 is 1.39. The number of phenols is 1. The number of aromatic hydroxyl groups is 1. The lowest BCUT2D eigenvalue weighted by Crippen LogP contribution is -2.33. The maximum atomic E-state index is 12.2. The zero-order valence-corrected chi connectivity index (χ0v) is 14.6. The minimum Gasteiger partial charge on any atom is -0.502 e. The third kappa shape index (κ3) is 3.36. The second-order valence-electron chi connectivity index (χ2n) is 5.63. The van der Waals surface area contributed by atoms with Crippen LogP contribution in [-0.2, 0) is 4.79 Å². The molecule has 2 heterocycles. The topological polar surface area (TPSA) is 71.4 Å². The van der Waals surface area contributed by atoms with E-state index in [1.807, 2.05) is 0 Å². The molecule has 3 rings (SSSR count). The van der Waals surface area contributed by atoms with Gasteiger partial charge in [0.05, 0.1) is 19.1 Å². The highest BCUT2D eigenvalue weighted by Crippen LogP contribution is 2.39. The van der Waals surface area contributed by atoms with Crippen molar-refractivity contribution in [3.63, 3.8) is 0 Å². The van der Waals surface area contributed by atoms with Crippen molar-refractivity contribution in [2.75, 3.05) is 27.3 Å². The van der Waals surface area contributed by atoms with Crippen LogP contribution in [-0.4, -0.2) is 48.4 Å². The first kappa shape index (κ1) is 16.7. The molecule has 2 aliphatic heterocycles. The molecule has 1 aromatic carbocycles. The van der Waals surface area contributed by atoms with E-state index in [1.54, 1.807) is 18.2 Å². The number of thioether (sulfide) groups is 1. The number of hydrogen-bond acceptors (Lipinski definition) is 6. The van der Waals surface area contributed by atoms with Crippen LogP contribution < -0.4 is 9.47 Å². The molecule has 0 saturated carbocycles. The molecule has 0 unspecified atom stereocenters. The van der Waals surface area contributed by atoms with Gasteiger partial charge in [0, 0.05) is 13.1 Å². The molecular weight excluding hydrogens is 328 g/mol. The van der Waals surface area contributed by atoms with E-state index in [0.29, 0.717) is 22.0 Å². The van der Waals surface area contributed by atoms with Gasteiger partial charge in [-0.2, -0.15) is 4.99 Å². The predicted molar refractivity (Wildman–Crippen MR) is 94.6 cm³/mol. The molecule has 24 heavy (non-hydrogen) atoms. The Hall–Kier alpha value is -2.15. The maximum absolute atomic E-state index is 12.2. The van der Waals surface area contributed by atoms with Crippen LogP contribution in [0.3, 0.4) is 0 Å². The van der Waals surface area contributed by atoms with Gasteiger partial charge in [0.1, 0.15) is 0 Å². The Morgan fingerprint density at radius 3 is 2.38 bits per heavy atom. The van der Waals surface area contributed by atoms with Crippen molar-refractivity contribution in [3.8, 4) is 17.2 Å². The van der Waals surface area contributed by atoms with E-state index in [9.17, 15) is 9.90 Å². The van der Waals surface area contributed by atoms with Crippen molar-refractivity contribution in [1.82, 2.24) is 4.90 Å². The van der Waals surface area contributed by atoms with E-state index in [-0.39, 0.29) is 11.7 Å². The Kier molecular flexibility index (Phi) is 4.99. The molecule has 1 aromatic rings. The van der Waals surface area contributed by atoms with E-state index < -0.39 is 0 Å². The number of hydrogen-bond donors (Lipinski definition) is 1. The molecular formula is C17H20N2O4S. The molecule has 6 nitrogen and oxygen atoms in total. The zero-order chi connectivity index (χ0) is 17.1. The van der Waals surface area contributed by atoms with Gasteiger partial charge in [-0.25, -0.2) is 0 Å². The molecule has 1 fully saturated rings. The fourth-order valence-corrected chi connectivity index (χ4v) is 3.73. The Morgan fingerprint density at radius 2 is 1.79 bits per heavy atom. The molecule has 2 aliphatic rings. The highest BCUT2D eigenvalue weighted by atomic mass is 32.2. The zero-order valence-electron chi connectivity index (χ0n) is 13.7. The highest BCUT2D eigenvalue weighted by Gasteiger charge is 2.27. The van der Waals surface area contributed by atoms with Gasteiger partial charge in [0.2, 0.25) is 5.75 Å². The summed E-state index contributed by atoms with van der Waals surface area (Å²) in [6.07, 6.45) is 5.26. The molecule has 0 aliphatic carbocycles. The Bertz CT molecular complexity index is 684. The minimum absolute atomic E-state index is 0.0576. The Balaban J connectivity index is 1.83. The van der Waals surface area contributed by atoms with Crippen molar-refractivity contribution >= 4 is 28.9 Å². The van der Waals surface area contributed by atoms with Crippen molar-refractivity contribution in [1.29, 1.82) is 0 Å². The number of piperidine rings is 1. The van der Waals surface area contributed by atoms with Gasteiger partial charge in [-0.3, -0.25) is 4.79 Å². The standard InChI is InChI=1S/C17H20N2O4S/c1-22-12-8-11(9-13(23-2)15(12)20)10-14-16(21)18-17(24-14)19-6-4-3-5-7-19/h8-10,20H,3-7H2,1-2H3/b14-10+. The number of aliphatic imine (C=N–C) groups is 1. The molecule has 0 atom stereocenters. The van der Waals surface area contributed by atoms with Gasteiger partial charge in [0.25, 0.3) is 5.91 Å². The first-order valence-corrected chi connectivity index (χ1v) is 8.66. The highest BCUT2D eigenvalue weighted by molar-refractivity contribution is 8.18. The Morgan fingerprint density at radius 1 is 1.17 bits per heavy atom. The first-order chi connectivity index (χ1) is 11.6. The number of carbonyl (C=O) groups is 1. The fraction of sp³-hybridized carbons (Fsp3) is 0.412. The number of carbonyl (C=O) groups excluding carboxylic acids is 1. The smallest absolute Gasteiger partial charge is 0.286 e. The quantitative estimate of drug-likeness (QED) is 0.847. The van der Waals surface area contributed by atoms with Crippen molar-refractivity contribution in [2.24, 2.45) is 4.99 Å². The SMILES string of the molecule is COc1cc(/C=C2/SC(N3CCCCC3)=NC2=O)cc(OC)c1O. The average Bonchev–Trinajstić information content (AvgIpc) is 2.97. The molecule has 0 bridgehead atoms. The molecule has 0 aromatic heterocycles. The molecule has 1 saturated heterocycles. The third-order valence-electron chi connectivity index (χ3n) is 4.04. The molecule has 1 amide bonds. The van der Waals surface area contributed by atoms with Gasteiger partial charge < -0.3 is 19.5 Å². The summed E-state index contributed by atoms with van der Waals surface area (Å²) in [4.78, 5) is 19.1. The molecule has 128 valence electrons. The van der Waals surface area contributed by atoms with Gasteiger partial charge in [0.15, 0.2) is 16.7 Å². The number of amidine groups is 1. The van der Waals surface area contributed by atoms with Gasteiger partial charge in [-0.1, -0.05) is 0 Å². The molecule has 0 spiro atoms. The Labute approximate surface area is 145 Å². The summed E-state index contributed by atoms with van der Waals surface area (Å²) in [5.74, 6) is 0.312. The van der Waals surface area contributed by atoms with Crippen LogP contribution >= 0.6 is 11.8 Å². The van der Waals surface area contributed by atoms with E-state index in [2.05, 4.69) is 9.89 Å². The second kappa shape index (κ2) is 7.17. The largest absolute Gasteiger partial charge is 0.502 e. The lowest BCUT2D eigenvalue weighted by molar-refractivity contribution is -0.113. The van der Waals surface area contributed by atoms with Crippen LogP contribution in [0.25, 0.3) is 6.08 Å². The van der Waals surface area contributed by atoms with E-state index >= 15 is 0 Å². The van der Waals surface area contributed by atoms with Crippen molar-refractivity contribution in [3.05, 3.63) is 22.6 Å². The molecule has 0 radical (unpaired) electrons. The van der Waals surface area contributed by atoms with Gasteiger partial charge >= 0.3 is 0 Å². The summed E-state index contributed by atoms with van der Waals surface area (Å²) in [5.41, 5.74) is 0.715. The normalized spacial score (nSPS) is 19.6. The number of nitrogens with zero attached hydrogens (tertiary/aromatic N) is 2. The number of ether oxygens (including phenoxy) is 2. The summed E-state index contributed by atoms with van der Waals surface area (Å²) < 4.78 is 10.3. The van der Waals surface area contributed by atoms with E-state index in [4.69, 9.17) is 9.47 Å². The number of amides is 1. The summed E-state index contributed by atoms with van der Waals surface area (Å²) in [6, 6.07) is 3.33. The van der Waals surface area contributed by atoms with Crippen LogP contribution in [0.5, 0.6) is 17.2 Å². The average molecular weight is 348 g/mol. The van der Waals surface area contributed by atoms with Crippen LogP contribution in [0.4, 0.5) is 0 Å². The second-order valence-corrected chi connectivity index (χ2v) is 6.64. The van der Waals surface area contributed by atoms with E-state index in [1.165, 1.54) is 32.4 Å². The lowest BCUT2D eigenvalue weighted by atomic mass is 10.1. The minimum atomic E-state index is -0.230. The van der Waals surface area contributed by atoms with E-state index in [0.717, 1.165) is 31.1 Å². The number of methoxy groups -OCH3 is 2. The van der Waals surface area contributed by atoms with Crippen molar-refractivity contribution < 1.29 is 19.4 Å². The maximum Gasteiger partial charge on any atom is 0.286 e. The summed E-state index contributed by atoms with van der Waals surface area (Å²) in [7, 11) is 2.94.